The van der Waals surface area contributed by atoms with Gasteiger partial charge in [0.15, 0.2) is 0 Å². The van der Waals surface area contributed by atoms with Gasteiger partial charge < -0.3 is 10.6 Å². The van der Waals surface area contributed by atoms with Crippen LogP contribution in [0.5, 0.6) is 0 Å². The van der Waals surface area contributed by atoms with Crippen LogP contribution in [0.4, 0.5) is 5.69 Å². The van der Waals surface area contributed by atoms with Crippen molar-refractivity contribution in [1.29, 1.82) is 10.5 Å². The summed E-state index contributed by atoms with van der Waals surface area (Å²) < 4.78 is 0. The smallest absolute Gasteiger partial charge is 0.243 e. The molecule has 1 aromatic carbocycles. The van der Waals surface area contributed by atoms with Crippen LogP contribution in [0.25, 0.3) is 0 Å². The lowest BCUT2D eigenvalue weighted by Crippen LogP contribution is -2.33. The zero-order valence-electron chi connectivity index (χ0n) is 9.05. The number of amides is 1. The Labute approximate surface area is 98.7 Å². The van der Waals surface area contributed by atoms with Gasteiger partial charge in [0.05, 0.1) is 17.2 Å². The highest BCUT2D eigenvalue weighted by molar-refractivity contribution is 5.99. The van der Waals surface area contributed by atoms with Gasteiger partial charge in [-0.25, -0.2) is 0 Å². The van der Waals surface area contributed by atoms with E-state index in [9.17, 15) is 4.79 Å². The van der Waals surface area contributed by atoms with E-state index in [1.54, 1.807) is 23.1 Å². The summed E-state index contributed by atoms with van der Waals surface area (Å²) in [6.45, 7) is 0.552. The number of hydrogen-bond acceptors (Lipinski definition) is 4. The molecule has 1 atom stereocenters. The second-order valence-corrected chi connectivity index (χ2v) is 3.84. The topological polar surface area (TPSA) is 93.9 Å². The first kappa shape index (κ1) is 11.1. The molecule has 1 amide bonds. The van der Waals surface area contributed by atoms with Crippen molar-refractivity contribution >= 4 is 11.6 Å². The number of nitriles is 2. The summed E-state index contributed by atoms with van der Waals surface area (Å²) in [7, 11) is 0. The first-order valence-corrected chi connectivity index (χ1v) is 5.18. The average molecular weight is 226 g/mol. The van der Waals surface area contributed by atoms with Crippen molar-refractivity contribution in [1.82, 2.24) is 0 Å². The molecule has 1 fully saturated rings. The second kappa shape index (κ2) is 4.25. The van der Waals surface area contributed by atoms with Crippen molar-refractivity contribution in [3.05, 3.63) is 29.3 Å². The van der Waals surface area contributed by atoms with Crippen LogP contribution in [0.3, 0.4) is 0 Å². The van der Waals surface area contributed by atoms with Gasteiger partial charge in [-0.05, 0) is 24.6 Å². The van der Waals surface area contributed by atoms with Crippen molar-refractivity contribution in [3.63, 3.8) is 0 Å². The number of nitrogens with zero attached hydrogens (tertiary/aromatic N) is 3. The quantitative estimate of drug-likeness (QED) is 0.754. The molecule has 2 N–H and O–H groups in total. The van der Waals surface area contributed by atoms with E-state index >= 15 is 0 Å². The van der Waals surface area contributed by atoms with Gasteiger partial charge in [0, 0.05) is 12.2 Å². The van der Waals surface area contributed by atoms with E-state index in [-0.39, 0.29) is 11.5 Å². The molecule has 17 heavy (non-hydrogen) atoms. The van der Waals surface area contributed by atoms with Gasteiger partial charge >= 0.3 is 0 Å². The Morgan fingerprint density at radius 1 is 1.29 bits per heavy atom. The predicted octanol–water partition coefficient (Wildman–Crippen LogP) is 0.494. The first-order valence-electron chi connectivity index (χ1n) is 5.18. The molecule has 0 radical (unpaired) electrons. The monoisotopic (exact) mass is 226 g/mol. The summed E-state index contributed by atoms with van der Waals surface area (Å²) in [5, 5.41) is 17.7. The van der Waals surface area contributed by atoms with Crippen molar-refractivity contribution in [3.8, 4) is 12.1 Å². The van der Waals surface area contributed by atoms with Crippen molar-refractivity contribution in [2.75, 3.05) is 11.4 Å². The SMILES string of the molecule is N#Cc1ccc(N2CCC(N)C2=O)cc1C#N. The largest absolute Gasteiger partial charge is 0.320 e. The molecule has 1 unspecified atom stereocenters. The number of nitrogens with two attached hydrogens (primary N) is 1. The lowest BCUT2D eigenvalue weighted by atomic mass is 10.1. The van der Waals surface area contributed by atoms with Gasteiger partial charge in [-0.2, -0.15) is 10.5 Å². The summed E-state index contributed by atoms with van der Waals surface area (Å²) >= 11 is 0. The molecule has 0 aliphatic carbocycles. The summed E-state index contributed by atoms with van der Waals surface area (Å²) in [4.78, 5) is 13.3. The Kier molecular flexibility index (Phi) is 2.78. The van der Waals surface area contributed by atoms with Crippen molar-refractivity contribution in [2.45, 2.75) is 12.5 Å². The Balaban J connectivity index is 2.39. The Hall–Kier alpha value is -2.37. The highest BCUT2D eigenvalue weighted by Gasteiger charge is 2.29. The summed E-state index contributed by atoms with van der Waals surface area (Å²) in [6.07, 6.45) is 0.612. The van der Waals surface area contributed by atoms with E-state index in [2.05, 4.69) is 0 Å². The molecule has 1 heterocycles. The van der Waals surface area contributed by atoms with E-state index in [4.69, 9.17) is 16.3 Å². The maximum atomic E-state index is 11.7. The predicted molar refractivity (Wildman–Crippen MR) is 60.8 cm³/mol. The van der Waals surface area contributed by atoms with Gasteiger partial charge in [0.25, 0.3) is 0 Å². The summed E-state index contributed by atoms with van der Waals surface area (Å²) in [6, 6.07) is 8.18. The number of rotatable bonds is 1. The van der Waals surface area contributed by atoms with Crippen LogP contribution < -0.4 is 10.6 Å². The van der Waals surface area contributed by atoms with Gasteiger partial charge in [-0.15, -0.1) is 0 Å². The molecule has 84 valence electrons. The van der Waals surface area contributed by atoms with Crippen LogP contribution in [0.15, 0.2) is 18.2 Å². The number of benzene rings is 1. The molecule has 0 aromatic heterocycles. The molecule has 1 saturated heterocycles. The van der Waals surface area contributed by atoms with Gasteiger partial charge in [-0.1, -0.05) is 0 Å². The third-order valence-electron chi connectivity index (χ3n) is 2.80. The van der Waals surface area contributed by atoms with Crippen LogP contribution >= 0.6 is 0 Å². The zero-order valence-corrected chi connectivity index (χ0v) is 9.05. The summed E-state index contributed by atoms with van der Waals surface area (Å²) in [5.41, 5.74) is 6.84. The minimum absolute atomic E-state index is 0.140. The maximum Gasteiger partial charge on any atom is 0.243 e. The number of carbonyl (C=O) groups is 1. The van der Waals surface area contributed by atoms with E-state index in [0.29, 0.717) is 24.2 Å². The minimum Gasteiger partial charge on any atom is -0.320 e. The van der Waals surface area contributed by atoms with Crippen LogP contribution in [-0.4, -0.2) is 18.5 Å². The fourth-order valence-electron chi connectivity index (χ4n) is 1.85. The first-order chi connectivity index (χ1) is 8.17. The Morgan fingerprint density at radius 3 is 2.53 bits per heavy atom. The average Bonchev–Trinajstić information content (AvgIpc) is 2.69. The third kappa shape index (κ3) is 1.84. The molecule has 1 aliphatic heterocycles. The van der Waals surface area contributed by atoms with E-state index in [1.165, 1.54) is 0 Å². The highest BCUT2D eigenvalue weighted by atomic mass is 16.2. The van der Waals surface area contributed by atoms with E-state index in [1.807, 2.05) is 12.1 Å². The van der Waals surface area contributed by atoms with E-state index in [0.717, 1.165) is 0 Å². The molecule has 0 spiro atoms. The number of carbonyl (C=O) groups excluding carboxylic acids is 1. The fourth-order valence-corrected chi connectivity index (χ4v) is 1.85. The normalized spacial score (nSPS) is 18.9. The Morgan fingerprint density at radius 2 is 2.00 bits per heavy atom. The molecule has 5 nitrogen and oxygen atoms in total. The minimum atomic E-state index is -0.462. The second-order valence-electron chi connectivity index (χ2n) is 3.84. The highest BCUT2D eigenvalue weighted by Crippen LogP contribution is 2.23. The Bertz CT molecular complexity index is 553. The van der Waals surface area contributed by atoms with Crippen LogP contribution in [0, 0.1) is 22.7 Å². The maximum absolute atomic E-state index is 11.7. The van der Waals surface area contributed by atoms with Crippen LogP contribution in [-0.2, 0) is 4.79 Å². The van der Waals surface area contributed by atoms with Gasteiger partial charge in [0.2, 0.25) is 5.91 Å². The number of hydrogen-bond donors (Lipinski definition) is 1. The number of anilines is 1. The lowest BCUT2D eigenvalue weighted by Gasteiger charge is -2.16. The van der Waals surface area contributed by atoms with Crippen LogP contribution in [0.2, 0.25) is 0 Å². The van der Waals surface area contributed by atoms with Crippen molar-refractivity contribution < 1.29 is 4.79 Å². The van der Waals surface area contributed by atoms with E-state index < -0.39 is 6.04 Å². The molecule has 0 bridgehead atoms. The molecule has 1 aromatic rings. The van der Waals surface area contributed by atoms with Gasteiger partial charge in [0.1, 0.15) is 12.1 Å². The fraction of sp³-hybridized carbons (Fsp3) is 0.250. The molecule has 1 aliphatic rings. The molecular weight excluding hydrogens is 216 g/mol. The van der Waals surface area contributed by atoms with Crippen LogP contribution in [0.1, 0.15) is 17.5 Å². The zero-order chi connectivity index (χ0) is 12.4. The molecule has 5 heteroatoms. The van der Waals surface area contributed by atoms with Gasteiger partial charge in [-0.3, -0.25) is 4.79 Å². The molecular formula is C12H10N4O. The van der Waals surface area contributed by atoms with Crippen molar-refractivity contribution in [2.24, 2.45) is 5.73 Å². The lowest BCUT2D eigenvalue weighted by molar-refractivity contribution is -0.118. The molecule has 2 rings (SSSR count). The standard InChI is InChI=1S/C12H10N4O/c13-6-8-1-2-10(5-9(8)7-14)16-4-3-11(15)12(16)17/h1-2,5,11H,3-4,15H2. The third-order valence-corrected chi connectivity index (χ3v) is 2.80. The summed E-state index contributed by atoms with van der Waals surface area (Å²) in [5.74, 6) is -0.140. The molecule has 0 saturated carbocycles.